The van der Waals surface area contributed by atoms with Gasteiger partial charge >= 0.3 is 0 Å². The average molecular weight is 351 g/mol. The molecule has 2 heterocycles. The maximum atomic E-state index is 12.5. The van der Waals surface area contributed by atoms with Crippen LogP contribution in [0, 0.1) is 0 Å². The summed E-state index contributed by atoms with van der Waals surface area (Å²) in [5.74, 6) is 0.243. The number of anilines is 1. The Balaban J connectivity index is 1.30. The van der Waals surface area contributed by atoms with Crippen molar-refractivity contribution in [3.63, 3.8) is 0 Å². The number of piperazine rings is 1. The Bertz CT molecular complexity index is 821. The summed E-state index contributed by atoms with van der Waals surface area (Å²) in [5.41, 5.74) is 2.27. The van der Waals surface area contributed by atoms with Crippen molar-refractivity contribution in [3.05, 3.63) is 59.6 Å². The van der Waals surface area contributed by atoms with Gasteiger partial charge in [0.25, 0.3) is 0 Å². The van der Waals surface area contributed by atoms with E-state index in [1.165, 1.54) is 10.4 Å². The fraction of sp³-hybridized carbons (Fsp3) is 0.300. The molecule has 4 nitrogen and oxygen atoms in total. The zero-order valence-electron chi connectivity index (χ0n) is 14.1. The number of carbonyl (C=O) groups is 1. The van der Waals surface area contributed by atoms with E-state index >= 15 is 0 Å². The molecule has 2 aromatic carbocycles. The maximum Gasteiger partial charge on any atom is 0.223 e. The molecule has 0 bridgehead atoms. The first kappa shape index (κ1) is 16.1. The molecule has 0 unspecified atom stereocenters. The van der Waals surface area contributed by atoms with E-state index in [1.54, 1.807) is 11.3 Å². The molecule has 1 amide bonds. The summed E-state index contributed by atoms with van der Waals surface area (Å²) in [5, 5.41) is 1.05. The standard InChI is InChI=1S/C20H21N3OS/c24-20(11-10-19-21-17-8-4-5-9-18(17)25-19)23-14-12-22(13-15-23)16-6-2-1-3-7-16/h1-9H,10-15H2. The molecular formula is C20H21N3OS. The highest BCUT2D eigenvalue weighted by Gasteiger charge is 2.21. The molecule has 0 atom stereocenters. The van der Waals surface area contributed by atoms with Gasteiger partial charge in [0.05, 0.1) is 15.2 Å². The lowest BCUT2D eigenvalue weighted by Crippen LogP contribution is -2.48. The topological polar surface area (TPSA) is 36.4 Å². The van der Waals surface area contributed by atoms with Crippen molar-refractivity contribution in [3.8, 4) is 0 Å². The number of nitrogens with zero attached hydrogens (tertiary/aromatic N) is 3. The fourth-order valence-electron chi connectivity index (χ4n) is 3.25. The molecule has 4 rings (SSSR count). The van der Waals surface area contributed by atoms with Gasteiger partial charge in [-0.2, -0.15) is 0 Å². The van der Waals surface area contributed by atoms with E-state index in [0.29, 0.717) is 6.42 Å². The maximum absolute atomic E-state index is 12.5. The molecule has 1 aliphatic heterocycles. The van der Waals surface area contributed by atoms with Crippen LogP contribution in [0.4, 0.5) is 5.69 Å². The van der Waals surface area contributed by atoms with Gasteiger partial charge in [-0.1, -0.05) is 30.3 Å². The first-order chi connectivity index (χ1) is 12.3. The number of amides is 1. The highest BCUT2D eigenvalue weighted by Crippen LogP contribution is 2.23. The van der Waals surface area contributed by atoms with Gasteiger partial charge in [-0.15, -0.1) is 11.3 Å². The normalized spacial score (nSPS) is 14.9. The molecular weight excluding hydrogens is 330 g/mol. The van der Waals surface area contributed by atoms with Crippen LogP contribution in [0.15, 0.2) is 54.6 Å². The van der Waals surface area contributed by atoms with E-state index in [9.17, 15) is 4.79 Å². The number of hydrogen-bond acceptors (Lipinski definition) is 4. The quantitative estimate of drug-likeness (QED) is 0.721. The lowest BCUT2D eigenvalue weighted by atomic mass is 10.2. The van der Waals surface area contributed by atoms with Gasteiger partial charge in [-0.05, 0) is 24.3 Å². The van der Waals surface area contributed by atoms with Crippen LogP contribution in [0.1, 0.15) is 11.4 Å². The van der Waals surface area contributed by atoms with Gasteiger partial charge in [0, 0.05) is 44.7 Å². The summed E-state index contributed by atoms with van der Waals surface area (Å²) in [6, 6.07) is 18.6. The van der Waals surface area contributed by atoms with Gasteiger partial charge in [0.1, 0.15) is 0 Å². The predicted octanol–water partition coefficient (Wildman–Crippen LogP) is 3.58. The number of benzene rings is 2. The Morgan fingerprint density at radius 1 is 0.960 bits per heavy atom. The monoisotopic (exact) mass is 351 g/mol. The van der Waals surface area contributed by atoms with E-state index in [0.717, 1.165) is 43.1 Å². The minimum Gasteiger partial charge on any atom is -0.368 e. The van der Waals surface area contributed by atoms with Gasteiger partial charge in [0.2, 0.25) is 5.91 Å². The molecule has 0 N–H and O–H groups in total. The van der Waals surface area contributed by atoms with E-state index in [-0.39, 0.29) is 5.91 Å². The summed E-state index contributed by atoms with van der Waals surface area (Å²) in [7, 11) is 0. The van der Waals surface area contributed by atoms with Crippen LogP contribution < -0.4 is 4.90 Å². The number of rotatable bonds is 4. The molecule has 0 aliphatic carbocycles. The van der Waals surface area contributed by atoms with Crippen LogP contribution >= 0.6 is 11.3 Å². The molecule has 0 spiro atoms. The van der Waals surface area contributed by atoms with E-state index in [2.05, 4.69) is 40.2 Å². The molecule has 5 heteroatoms. The van der Waals surface area contributed by atoms with Crippen LogP contribution in [-0.4, -0.2) is 42.0 Å². The molecule has 25 heavy (non-hydrogen) atoms. The van der Waals surface area contributed by atoms with Crippen molar-refractivity contribution >= 4 is 33.1 Å². The molecule has 1 saturated heterocycles. The second kappa shape index (κ2) is 7.23. The average Bonchev–Trinajstić information content (AvgIpc) is 3.10. The fourth-order valence-corrected chi connectivity index (χ4v) is 4.22. The third-order valence-electron chi connectivity index (χ3n) is 4.64. The van der Waals surface area contributed by atoms with Crippen molar-refractivity contribution in [1.29, 1.82) is 0 Å². The number of thiazole rings is 1. The second-order valence-electron chi connectivity index (χ2n) is 6.28. The van der Waals surface area contributed by atoms with Crippen LogP contribution in [0.2, 0.25) is 0 Å². The van der Waals surface area contributed by atoms with Crippen LogP contribution in [0.5, 0.6) is 0 Å². The van der Waals surface area contributed by atoms with Gasteiger partial charge in [-0.3, -0.25) is 4.79 Å². The summed E-state index contributed by atoms with van der Waals surface area (Å²) >= 11 is 1.69. The first-order valence-electron chi connectivity index (χ1n) is 8.72. The number of aromatic nitrogens is 1. The SMILES string of the molecule is O=C(CCc1nc2ccccc2s1)N1CCN(c2ccccc2)CC1. The van der Waals surface area contributed by atoms with Crippen molar-refractivity contribution < 1.29 is 4.79 Å². The number of hydrogen-bond donors (Lipinski definition) is 0. The van der Waals surface area contributed by atoms with E-state index in [1.807, 2.05) is 29.2 Å². The smallest absolute Gasteiger partial charge is 0.223 e. The number of fused-ring (bicyclic) bond motifs is 1. The summed E-state index contributed by atoms with van der Waals surface area (Å²) in [6.07, 6.45) is 1.28. The van der Waals surface area contributed by atoms with Gasteiger partial charge < -0.3 is 9.80 Å². The number of carbonyl (C=O) groups excluding carboxylic acids is 1. The third-order valence-corrected chi connectivity index (χ3v) is 5.74. The Morgan fingerprint density at radius 2 is 1.68 bits per heavy atom. The largest absolute Gasteiger partial charge is 0.368 e. The van der Waals surface area contributed by atoms with Crippen molar-refractivity contribution in [2.75, 3.05) is 31.1 Å². The van der Waals surface area contributed by atoms with Crippen molar-refractivity contribution in [2.45, 2.75) is 12.8 Å². The lowest BCUT2D eigenvalue weighted by molar-refractivity contribution is -0.131. The van der Waals surface area contributed by atoms with E-state index in [4.69, 9.17) is 0 Å². The summed E-state index contributed by atoms with van der Waals surface area (Å²) in [6.45, 7) is 3.40. The first-order valence-corrected chi connectivity index (χ1v) is 9.53. The molecule has 128 valence electrons. The van der Waals surface area contributed by atoms with Crippen LogP contribution in [0.25, 0.3) is 10.2 Å². The molecule has 3 aromatic rings. The van der Waals surface area contributed by atoms with Crippen LogP contribution in [0.3, 0.4) is 0 Å². The Labute approximate surface area is 151 Å². The molecule has 1 fully saturated rings. The Hall–Kier alpha value is -2.40. The summed E-state index contributed by atoms with van der Waals surface area (Å²) < 4.78 is 1.20. The lowest BCUT2D eigenvalue weighted by Gasteiger charge is -2.36. The molecule has 1 aromatic heterocycles. The number of aryl methyl sites for hydroxylation is 1. The van der Waals surface area contributed by atoms with Crippen LogP contribution in [-0.2, 0) is 11.2 Å². The van der Waals surface area contributed by atoms with Gasteiger partial charge in [-0.25, -0.2) is 4.98 Å². The van der Waals surface area contributed by atoms with Gasteiger partial charge in [0.15, 0.2) is 0 Å². The second-order valence-corrected chi connectivity index (χ2v) is 7.39. The molecule has 0 radical (unpaired) electrons. The molecule has 1 aliphatic rings. The summed E-state index contributed by atoms with van der Waals surface area (Å²) in [4.78, 5) is 21.5. The van der Waals surface area contributed by atoms with E-state index < -0.39 is 0 Å². The van der Waals surface area contributed by atoms with Crippen molar-refractivity contribution in [1.82, 2.24) is 9.88 Å². The number of para-hydroxylation sites is 2. The van der Waals surface area contributed by atoms with Crippen molar-refractivity contribution in [2.24, 2.45) is 0 Å². The Morgan fingerprint density at radius 3 is 2.44 bits per heavy atom. The molecule has 0 saturated carbocycles. The third kappa shape index (κ3) is 3.66. The highest BCUT2D eigenvalue weighted by molar-refractivity contribution is 7.18. The predicted molar refractivity (Wildman–Crippen MR) is 103 cm³/mol. The minimum absolute atomic E-state index is 0.243. The zero-order valence-corrected chi connectivity index (χ0v) is 14.9. The zero-order chi connectivity index (χ0) is 17.1. The highest BCUT2D eigenvalue weighted by atomic mass is 32.1. The Kier molecular flexibility index (Phi) is 4.65. The minimum atomic E-state index is 0.243.